The van der Waals surface area contributed by atoms with Gasteiger partial charge in [0, 0.05) is 11.1 Å². The van der Waals surface area contributed by atoms with Crippen LogP contribution in [0.5, 0.6) is 0 Å². The van der Waals surface area contributed by atoms with Gasteiger partial charge in [0.25, 0.3) is 5.91 Å². The van der Waals surface area contributed by atoms with Crippen molar-refractivity contribution in [2.45, 2.75) is 13.5 Å². The lowest BCUT2D eigenvalue weighted by Gasteiger charge is -2.06. The molecule has 1 aromatic heterocycles. The number of aryl methyl sites for hydroxylation is 1. The van der Waals surface area contributed by atoms with Crippen molar-refractivity contribution in [3.63, 3.8) is 0 Å². The van der Waals surface area contributed by atoms with Gasteiger partial charge >= 0.3 is 0 Å². The van der Waals surface area contributed by atoms with Crippen LogP contribution < -0.4 is 11.1 Å². The summed E-state index contributed by atoms with van der Waals surface area (Å²) in [6.07, 6.45) is 0. The molecule has 0 bridgehead atoms. The highest BCUT2D eigenvalue weighted by Gasteiger charge is 2.10. The molecule has 1 amide bonds. The van der Waals surface area contributed by atoms with Crippen molar-refractivity contribution in [2.75, 3.05) is 6.54 Å². The van der Waals surface area contributed by atoms with Crippen LogP contribution in [0.15, 0.2) is 18.2 Å². The van der Waals surface area contributed by atoms with Crippen molar-refractivity contribution in [2.24, 2.45) is 5.73 Å². The third-order valence-electron chi connectivity index (χ3n) is 2.61. The second kappa shape index (κ2) is 6.45. The Hall–Kier alpha value is -2.72. The van der Waals surface area contributed by atoms with E-state index in [1.54, 1.807) is 6.07 Å². The van der Waals surface area contributed by atoms with Crippen molar-refractivity contribution in [3.05, 3.63) is 40.7 Å². The van der Waals surface area contributed by atoms with E-state index in [9.17, 15) is 4.79 Å². The zero-order chi connectivity index (χ0) is 14.4. The Kier molecular flexibility index (Phi) is 4.42. The maximum atomic E-state index is 12.1. The zero-order valence-corrected chi connectivity index (χ0v) is 11.0. The Morgan fingerprint density at radius 3 is 3.05 bits per heavy atom. The van der Waals surface area contributed by atoms with Crippen LogP contribution in [0.1, 0.15) is 27.3 Å². The molecular formula is C13H14N6O. The van der Waals surface area contributed by atoms with Crippen LogP contribution in [0, 0.1) is 18.8 Å². The predicted octanol–water partition coefficient (Wildman–Crippen LogP) is -0.252. The molecule has 2 aromatic rings. The van der Waals surface area contributed by atoms with Gasteiger partial charge in [0.1, 0.15) is 0 Å². The van der Waals surface area contributed by atoms with Gasteiger partial charge < -0.3 is 11.1 Å². The highest BCUT2D eigenvalue weighted by atomic mass is 16.1. The van der Waals surface area contributed by atoms with Gasteiger partial charge in [-0.25, -0.2) is 0 Å². The summed E-state index contributed by atoms with van der Waals surface area (Å²) in [4.78, 5) is 12.1. The Balaban J connectivity index is 2.12. The Bertz CT molecular complexity index is 653. The fourth-order valence-electron chi connectivity index (χ4n) is 1.61. The summed E-state index contributed by atoms with van der Waals surface area (Å²) >= 11 is 0. The average molecular weight is 270 g/mol. The van der Waals surface area contributed by atoms with Gasteiger partial charge in [-0.1, -0.05) is 23.1 Å². The topological polar surface area (TPSA) is 110 Å². The number of carbonyl (C=O) groups is 1. The molecule has 0 saturated carbocycles. The van der Waals surface area contributed by atoms with Gasteiger partial charge in [0.05, 0.1) is 13.1 Å². The van der Waals surface area contributed by atoms with Crippen molar-refractivity contribution in [3.8, 4) is 11.8 Å². The van der Waals surface area contributed by atoms with E-state index in [4.69, 9.17) is 5.73 Å². The molecule has 0 aliphatic heterocycles. The number of hydrogen-bond acceptors (Lipinski definition) is 5. The highest BCUT2D eigenvalue weighted by Crippen LogP contribution is 2.10. The first-order chi connectivity index (χ1) is 9.70. The Labute approximate surface area is 116 Å². The van der Waals surface area contributed by atoms with E-state index in [0.717, 1.165) is 11.1 Å². The van der Waals surface area contributed by atoms with Crippen LogP contribution in [0.2, 0.25) is 0 Å². The van der Waals surface area contributed by atoms with Crippen molar-refractivity contribution in [1.82, 2.24) is 25.9 Å². The van der Waals surface area contributed by atoms with Crippen molar-refractivity contribution in [1.29, 1.82) is 0 Å². The molecule has 20 heavy (non-hydrogen) atoms. The van der Waals surface area contributed by atoms with E-state index < -0.39 is 0 Å². The number of aromatic amines is 1. The van der Waals surface area contributed by atoms with Gasteiger partial charge in [-0.05, 0) is 24.6 Å². The van der Waals surface area contributed by atoms with Crippen LogP contribution in [0.4, 0.5) is 0 Å². The van der Waals surface area contributed by atoms with Crippen LogP contribution >= 0.6 is 0 Å². The second-order valence-corrected chi connectivity index (χ2v) is 4.05. The number of tetrazole rings is 1. The number of hydrogen-bond donors (Lipinski definition) is 3. The third kappa shape index (κ3) is 3.40. The quantitative estimate of drug-likeness (QED) is 0.666. The maximum Gasteiger partial charge on any atom is 0.251 e. The largest absolute Gasteiger partial charge is 0.345 e. The standard InChI is InChI=1S/C13H14N6O/c1-9-4-5-10(3-2-6-14)7-11(9)13(20)15-8-12-16-18-19-17-12/h4-5,7H,6,8,14H2,1H3,(H,15,20)(H,16,17,18,19). The lowest BCUT2D eigenvalue weighted by Crippen LogP contribution is -2.24. The summed E-state index contributed by atoms with van der Waals surface area (Å²) in [5.74, 6) is 5.88. The summed E-state index contributed by atoms with van der Waals surface area (Å²) in [6.45, 7) is 2.37. The number of nitrogens with one attached hydrogen (secondary N) is 2. The smallest absolute Gasteiger partial charge is 0.251 e. The predicted molar refractivity (Wildman–Crippen MR) is 72.5 cm³/mol. The number of carbonyl (C=O) groups excluding carboxylic acids is 1. The van der Waals surface area contributed by atoms with E-state index in [1.807, 2.05) is 19.1 Å². The number of aromatic nitrogens is 4. The molecule has 0 aliphatic rings. The van der Waals surface area contributed by atoms with E-state index in [1.165, 1.54) is 0 Å². The molecule has 7 heteroatoms. The van der Waals surface area contributed by atoms with Crippen molar-refractivity contribution >= 4 is 5.91 Å². The molecule has 0 unspecified atom stereocenters. The molecule has 1 heterocycles. The van der Waals surface area contributed by atoms with Crippen molar-refractivity contribution < 1.29 is 4.79 Å². The Morgan fingerprint density at radius 2 is 2.35 bits per heavy atom. The number of rotatable bonds is 3. The maximum absolute atomic E-state index is 12.1. The number of nitrogens with two attached hydrogens (primary N) is 1. The monoisotopic (exact) mass is 270 g/mol. The van der Waals surface area contributed by atoms with Gasteiger partial charge in [-0.2, -0.15) is 5.21 Å². The number of benzene rings is 1. The Morgan fingerprint density at radius 1 is 1.50 bits per heavy atom. The fourth-order valence-corrected chi connectivity index (χ4v) is 1.61. The molecule has 0 spiro atoms. The number of amides is 1. The number of H-pyrrole nitrogens is 1. The van der Waals surface area contributed by atoms with Crippen LogP contribution in [-0.2, 0) is 6.54 Å². The molecule has 0 aliphatic carbocycles. The minimum absolute atomic E-state index is 0.205. The van der Waals surface area contributed by atoms with Gasteiger partial charge in [-0.15, -0.1) is 10.2 Å². The summed E-state index contributed by atoms with van der Waals surface area (Å²) < 4.78 is 0. The SMILES string of the molecule is Cc1ccc(C#CCN)cc1C(=O)NCc1nn[nH]n1. The summed E-state index contributed by atoms with van der Waals surface area (Å²) in [6, 6.07) is 5.45. The molecule has 2 rings (SSSR count). The molecule has 7 nitrogen and oxygen atoms in total. The van der Waals surface area contributed by atoms with E-state index >= 15 is 0 Å². The molecular weight excluding hydrogens is 256 g/mol. The van der Waals surface area contributed by atoms with Crippen LogP contribution in [0.25, 0.3) is 0 Å². The molecule has 0 saturated heterocycles. The van der Waals surface area contributed by atoms with Gasteiger partial charge in [-0.3, -0.25) is 4.79 Å². The lowest BCUT2D eigenvalue weighted by atomic mass is 10.0. The summed E-state index contributed by atoms with van der Waals surface area (Å²) in [5, 5.41) is 16.0. The summed E-state index contributed by atoms with van der Waals surface area (Å²) in [5.41, 5.74) is 7.52. The number of nitrogens with zero attached hydrogens (tertiary/aromatic N) is 3. The first-order valence-corrected chi connectivity index (χ1v) is 6.01. The molecule has 102 valence electrons. The van der Waals surface area contributed by atoms with E-state index in [-0.39, 0.29) is 19.0 Å². The average Bonchev–Trinajstić information content (AvgIpc) is 2.97. The minimum atomic E-state index is -0.205. The normalized spacial score (nSPS) is 9.70. The minimum Gasteiger partial charge on any atom is -0.345 e. The molecule has 1 aromatic carbocycles. The lowest BCUT2D eigenvalue weighted by molar-refractivity contribution is 0.0949. The third-order valence-corrected chi connectivity index (χ3v) is 2.61. The second-order valence-electron chi connectivity index (χ2n) is 4.05. The highest BCUT2D eigenvalue weighted by molar-refractivity contribution is 5.95. The fraction of sp³-hybridized carbons (Fsp3) is 0.231. The van der Waals surface area contributed by atoms with E-state index in [0.29, 0.717) is 11.4 Å². The summed E-state index contributed by atoms with van der Waals surface area (Å²) in [7, 11) is 0. The van der Waals surface area contributed by atoms with E-state index in [2.05, 4.69) is 37.8 Å². The molecule has 0 fully saturated rings. The van der Waals surface area contributed by atoms with Crippen LogP contribution in [-0.4, -0.2) is 33.1 Å². The molecule has 0 radical (unpaired) electrons. The van der Waals surface area contributed by atoms with Gasteiger partial charge in [0.15, 0.2) is 5.82 Å². The molecule has 4 N–H and O–H groups in total. The van der Waals surface area contributed by atoms with Gasteiger partial charge in [0.2, 0.25) is 0 Å². The molecule has 0 atom stereocenters. The first kappa shape index (κ1) is 13.7. The zero-order valence-electron chi connectivity index (χ0n) is 11.0. The van der Waals surface area contributed by atoms with Crippen LogP contribution in [0.3, 0.4) is 0 Å². The first-order valence-electron chi connectivity index (χ1n) is 6.01.